The summed E-state index contributed by atoms with van der Waals surface area (Å²) in [5, 5.41) is 0. The topological polar surface area (TPSA) is 122 Å². The second kappa shape index (κ2) is 10.2. The Labute approximate surface area is 205 Å². The molecule has 3 aromatic carbocycles. The van der Waals surface area contributed by atoms with Crippen LogP contribution >= 0.6 is 0 Å². The van der Waals surface area contributed by atoms with E-state index in [1.165, 1.54) is 74.9 Å². The number of Topliss-reactive ketones (excluding diaryl/α,β-unsaturated/α-hetero) is 4. The molecule has 182 valence electrons. The number of methoxy groups -OCH3 is 2. The average molecular weight is 488 g/mol. The largest absolute Gasteiger partial charge is 0.497 e. The van der Waals surface area contributed by atoms with Crippen LogP contribution in [0.2, 0.25) is 0 Å². The number of carbonyl (C=O) groups is 5. The minimum Gasteiger partial charge on any atom is -0.497 e. The summed E-state index contributed by atoms with van der Waals surface area (Å²) in [5.74, 6) is -3.58. The van der Waals surface area contributed by atoms with Crippen molar-refractivity contribution in [2.75, 3.05) is 27.4 Å². The van der Waals surface area contributed by atoms with Crippen molar-refractivity contribution < 1.29 is 42.9 Å². The maximum absolute atomic E-state index is 13.3. The lowest BCUT2D eigenvalue weighted by Gasteiger charge is -2.20. The van der Waals surface area contributed by atoms with Crippen LogP contribution in [-0.4, -0.2) is 56.5 Å². The summed E-state index contributed by atoms with van der Waals surface area (Å²) in [7, 11) is 2.69. The predicted octanol–water partition coefficient (Wildman–Crippen LogP) is 3.38. The van der Waals surface area contributed by atoms with Crippen molar-refractivity contribution in [3.63, 3.8) is 0 Å². The van der Waals surface area contributed by atoms with E-state index in [0.717, 1.165) is 0 Å². The third kappa shape index (κ3) is 4.72. The van der Waals surface area contributed by atoms with E-state index >= 15 is 0 Å². The van der Waals surface area contributed by atoms with Crippen LogP contribution in [0.3, 0.4) is 0 Å². The van der Waals surface area contributed by atoms with Crippen LogP contribution in [0.1, 0.15) is 51.8 Å². The van der Waals surface area contributed by atoms with Gasteiger partial charge in [0, 0.05) is 22.3 Å². The molecule has 9 heteroatoms. The molecule has 36 heavy (non-hydrogen) atoms. The summed E-state index contributed by atoms with van der Waals surface area (Å²) in [6, 6.07) is 13.6. The Morgan fingerprint density at radius 1 is 0.611 bits per heavy atom. The summed E-state index contributed by atoms with van der Waals surface area (Å²) < 4.78 is 20.7. The van der Waals surface area contributed by atoms with Gasteiger partial charge in [0.15, 0.2) is 11.5 Å². The molecule has 0 saturated carbocycles. The number of ketones is 4. The number of fused-ring (bicyclic) bond motifs is 1. The lowest BCUT2D eigenvalue weighted by Crippen LogP contribution is -2.24. The van der Waals surface area contributed by atoms with Gasteiger partial charge >= 0.3 is 5.97 Å². The van der Waals surface area contributed by atoms with Crippen molar-refractivity contribution in [1.29, 1.82) is 0 Å². The monoisotopic (exact) mass is 488 g/mol. The fraction of sp³-hybridized carbons (Fsp3) is 0.148. The second-order valence-corrected chi connectivity index (χ2v) is 7.66. The minimum absolute atomic E-state index is 0.0116. The second-order valence-electron chi connectivity index (χ2n) is 7.66. The molecular formula is C27H20O9. The van der Waals surface area contributed by atoms with Crippen LogP contribution in [-0.2, 0) is 4.74 Å². The van der Waals surface area contributed by atoms with Gasteiger partial charge in [0.05, 0.1) is 19.8 Å². The van der Waals surface area contributed by atoms with Gasteiger partial charge in [-0.2, -0.15) is 0 Å². The molecule has 0 radical (unpaired) electrons. The van der Waals surface area contributed by atoms with E-state index in [-0.39, 0.29) is 52.5 Å². The predicted molar refractivity (Wildman–Crippen MR) is 126 cm³/mol. The molecule has 1 aliphatic rings. The summed E-state index contributed by atoms with van der Waals surface area (Å²) in [6.07, 6.45) is 0. The van der Waals surface area contributed by atoms with Crippen molar-refractivity contribution in [3.05, 3.63) is 88.5 Å². The zero-order valence-corrected chi connectivity index (χ0v) is 19.4. The molecule has 1 heterocycles. The number of benzene rings is 3. The normalized spacial score (nSPS) is 11.8. The number of hydrogen-bond acceptors (Lipinski definition) is 9. The highest BCUT2D eigenvalue weighted by Gasteiger charge is 2.30. The first-order valence-corrected chi connectivity index (χ1v) is 10.8. The van der Waals surface area contributed by atoms with Crippen LogP contribution < -0.4 is 14.2 Å². The highest BCUT2D eigenvalue weighted by atomic mass is 16.6. The maximum Gasteiger partial charge on any atom is 0.337 e. The summed E-state index contributed by atoms with van der Waals surface area (Å²) in [6.45, 7) is 0.424. The quantitative estimate of drug-likeness (QED) is 0.267. The Kier molecular flexibility index (Phi) is 6.91. The molecule has 3 aromatic rings. The van der Waals surface area contributed by atoms with Crippen LogP contribution in [0.5, 0.6) is 17.2 Å². The van der Waals surface area contributed by atoms with E-state index in [9.17, 15) is 24.0 Å². The number of carbonyl (C=O) groups excluding carboxylic acids is 5. The van der Waals surface area contributed by atoms with Gasteiger partial charge in [-0.1, -0.05) is 12.1 Å². The van der Waals surface area contributed by atoms with Gasteiger partial charge in [0.2, 0.25) is 23.1 Å². The van der Waals surface area contributed by atoms with Gasteiger partial charge in [0.1, 0.15) is 19.0 Å². The first kappa shape index (κ1) is 24.3. The lowest BCUT2D eigenvalue weighted by atomic mass is 9.91. The smallest absolute Gasteiger partial charge is 0.337 e. The standard InChI is InChI=1S/C27H20O9/c1-33-18-9-7-16(8-10-18)24(29)26(31)20-14-22-21(35-11-12-36-22)13-19(20)25(30)23(28)15-3-5-17(6-4-15)27(32)34-2/h3-10,13-14H,11-12H2,1-2H3. The molecule has 0 spiro atoms. The van der Waals surface area contributed by atoms with Gasteiger partial charge in [-0.05, 0) is 48.5 Å². The fourth-order valence-corrected chi connectivity index (χ4v) is 3.59. The lowest BCUT2D eigenvalue weighted by molar-refractivity contribution is 0.0600. The molecule has 9 nitrogen and oxygen atoms in total. The Morgan fingerprint density at radius 2 is 1.03 bits per heavy atom. The average Bonchev–Trinajstić information content (AvgIpc) is 2.94. The molecule has 0 amide bonds. The third-order valence-electron chi connectivity index (χ3n) is 5.50. The van der Waals surface area contributed by atoms with Crippen molar-refractivity contribution >= 4 is 29.1 Å². The van der Waals surface area contributed by atoms with E-state index in [1.807, 2.05) is 0 Å². The van der Waals surface area contributed by atoms with Crippen molar-refractivity contribution in [2.24, 2.45) is 0 Å². The van der Waals surface area contributed by atoms with E-state index in [1.54, 1.807) is 0 Å². The van der Waals surface area contributed by atoms with Crippen molar-refractivity contribution in [1.82, 2.24) is 0 Å². The first-order valence-electron chi connectivity index (χ1n) is 10.8. The molecule has 1 aliphatic heterocycles. The highest BCUT2D eigenvalue weighted by Crippen LogP contribution is 2.34. The molecule has 0 atom stereocenters. The van der Waals surface area contributed by atoms with Gasteiger partial charge in [-0.3, -0.25) is 19.2 Å². The van der Waals surface area contributed by atoms with Crippen LogP contribution in [0, 0.1) is 0 Å². The van der Waals surface area contributed by atoms with Gasteiger partial charge < -0.3 is 18.9 Å². The zero-order valence-electron chi connectivity index (χ0n) is 19.4. The number of ether oxygens (including phenoxy) is 4. The molecule has 0 aliphatic carbocycles. The molecule has 0 aromatic heterocycles. The fourth-order valence-electron chi connectivity index (χ4n) is 3.59. The molecule has 0 bridgehead atoms. The summed E-state index contributed by atoms with van der Waals surface area (Å²) in [5.41, 5.74) is -0.319. The molecule has 4 rings (SSSR count). The first-order chi connectivity index (χ1) is 17.3. The SMILES string of the molecule is COC(=O)c1ccc(C(=O)C(=O)c2cc3c(cc2C(=O)C(=O)c2ccc(OC)cc2)OCCO3)cc1. The van der Waals surface area contributed by atoms with Crippen molar-refractivity contribution in [3.8, 4) is 17.2 Å². The summed E-state index contributed by atoms with van der Waals surface area (Å²) in [4.78, 5) is 64.1. The molecular weight excluding hydrogens is 468 g/mol. The van der Waals surface area contributed by atoms with Crippen molar-refractivity contribution in [2.45, 2.75) is 0 Å². The minimum atomic E-state index is -1.02. The maximum atomic E-state index is 13.3. The van der Waals surface area contributed by atoms with Gasteiger partial charge in [-0.25, -0.2) is 4.79 Å². The van der Waals surface area contributed by atoms with Crippen LogP contribution in [0.15, 0.2) is 60.7 Å². The van der Waals surface area contributed by atoms with Gasteiger partial charge in [0.25, 0.3) is 0 Å². The van der Waals surface area contributed by atoms with Crippen LogP contribution in [0.25, 0.3) is 0 Å². The number of esters is 1. The molecule has 0 fully saturated rings. The molecule has 0 saturated heterocycles. The Hall–Kier alpha value is -4.79. The Bertz CT molecular complexity index is 1370. The Morgan fingerprint density at radius 3 is 1.44 bits per heavy atom. The molecule has 0 N–H and O–H groups in total. The zero-order chi connectivity index (χ0) is 25.8. The van der Waals surface area contributed by atoms with E-state index in [2.05, 4.69) is 4.74 Å². The summed E-state index contributed by atoms with van der Waals surface area (Å²) >= 11 is 0. The number of rotatable bonds is 8. The van der Waals surface area contributed by atoms with E-state index in [0.29, 0.717) is 5.75 Å². The number of hydrogen-bond donors (Lipinski definition) is 0. The van der Waals surface area contributed by atoms with Crippen LogP contribution in [0.4, 0.5) is 0 Å². The van der Waals surface area contributed by atoms with E-state index < -0.39 is 29.1 Å². The van der Waals surface area contributed by atoms with E-state index in [4.69, 9.17) is 14.2 Å². The Balaban J connectivity index is 1.71. The third-order valence-corrected chi connectivity index (χ3v) is 5.50. The highest BCUT2D eigenvalue weighted by molar-refractivity contribution is 6.54. The molecule has 0 unspecified atom stereocenters. The van der Waals surface area contributed by atoms with Gasteiger partial charge in [-0.15, -0.1) is 0 Å².